The Morgan fingerprint density at radius 2 is 1.52 bits per heavy atom. The van der Waals surface area contributed by atoms with Crippen LogP contribution in [0.25, 0.3) is 16.8 Å². The molecule has 21 heavy (non-hydrogen) atoms. The van der Waals surface area contributed by atoms with Crippen molar-refractivity contribution in [3.63, 3.8) is 0 Å². The first-order valence-electron chi connectivity index (χ1n) is 6.75. The molecule has 0 aliphatic heterocycles. The van der Waals surface area contributed by atoms with Crippen LogP contribution in [0.5, 0.6) is 5.75 Å². The molecule has 3 aromatic rings. The largest absolute Gasteiger partial charge is 0.423 e. The molecule has 0 N–H and O–H groups in total. The second kappa shape index (κ2) is 6.06. The fourth-order valence-electron chi connectivity index (χ4n) is 2.11. The molecule has 0 saturated heterocycles. The predicted octanol–water partition coefficient (Wildman–Crippen LogP) is 4.46. The van der Waals surface area contributed by atoms with E-state index in [-0.39, 0.29) is 5.97 Å². The lowest BCUT2D eigenvalue weighted by atomic mass is 10.1. The Labute approximate surface area is 123 Å². The zero-order valence-electron chi connectivity index (χ0n) is 11.4. The van der Waals surface area contributed by atoms with Crippen LogP contribution in [0.4, 0.5) is 0 Å². The maximum absolute atomic E-state index is 11.8. The summed E-state index contributed by atoms with van der Waals surface area (Å²) < 4.78 is 5.32. The highest BCUT2D eigenvalue weighted by atomic mass is 16.5. The summed E-state index contributed by atoms with van der Waals surface area (Å²) in [7, 11) is 0. The van der Waals surface area contributed by atoms with Gasteiger partial charge in [-0.2, -0.15) is 0 Å². The van der Waals surface area contributed by atoms with Crippen molar-refractivity contribution in [1.82, 2.24) is 0 Å². The molecule has 0 aliphatic carbocycles. The van der Waals surface area contributed by atoms with Gasteiger partial charge in [0, 0.05) is 6.08 Å². The summed E-state index contributed by atoms with van der Waals surface area (Å²) in [6.45, 7) is 0. The summed E-state index contributed by atoms with van der Waals surface area (Å²) in [6.07, 6.45) is 3.17. The average molecular weight is 274 g/mol. The molecule has 102 valence electrons. The monoisotopic (exact) mass is 274 g/mol. The highest BCUT2D eigenvalue weighted by Gasteiger charge is 2.01. The predicted molar refractivity (Wildman–Crippen MR) is 85.1 cm³/mol. The van der Waals surface area contributed by atoms with Crippen molar-refractivity contribution in [2.75, 3.05) is 0 Å². The fourth-order valence-corrected chi connectivity index (χ4v) is 2.11. The number of ether oxygens (including phenoxy) is 1. The van der Waals surface area contributed by atoms with E-state index in [1.54, 1.807) is 12.1 Å². The van der Waals surface area contributed by atoms with Crippen molar-refractivity contribution in [1.29, 1.82) is 0 Å². The molecule has 0 amide bonds. The minimum Gasteiger partial charge on any atom is -0.423 e. The molecule has 0 atom stereocenters. The number of hydrogen-bond donors (Lipinski definition) is 0. The van der Waals surface area contributed by atoms with E-state index in [0.717, 1.165) is 16.3 Å². The molecule has 0 bridgehead atoms. The van der Waals surface area contributed by atoms with Crippen LogP contribution in [0.2, 0.25) is 0 Å². The van der Waals surface area contributed by atoms with E-state index in [2.05, 4.69) is 0 Å². The van der Waals surface area contributed by atoms with Gasteiger partial charge in [-0.25, -0.2) is 4.79 Å². The third-order valence-corrected chi connectivity index (χ3v) is 3.15. The molecule has 2 heteroatoms. The van der Waals surface area contributed by atoms with Crippen LogP contribution in [0.1, 0.15) is 5.56 Å². The molecule has 0 aromatic heterocycles. The smallest absolute Gasteiger partial charge is 0.336 e. The van der Waals surface area contributed by atoms with Crippen LogP contribution in [-0.4, -0.2) is 5.97 Å². The molecule has 0 saturated carbocycles. The Balaban J connectivity index is 1.73. The standard InChI is InChI=1S/C19H14O2/c20-19(13-10-15-6-2-1-3-7-15)21-18-12-11-16-8-4-5-9-17(16)14-18/h1-14H. The van der Waals surface area contributed by atoms with Gasteiger partial charge >= 0.3 is 5.97 Å². The van der Waals surface area contributed by atoms with Gasteiger partial charge in [0.05, 0.1) is 0 Å². The van der Waals surface area contributed by atoms with Crippen LogP contribution in [0.3, 0.4) is 0 Å². The highest BCUT2D eigenvalue weighted by Crippen LogP contribution is 2.20. The lowest BCUT2D eigenvalue weighted by Gasteiger charge is -2.03. The van der Waals surface area contributed by atoms with Crippen LogP contribution in [-0.2, 0) is 4.79 Å². The highest BCUT2D eigenvalue weighted by molar-refractivity contribution is 5.90. The molecule has 0 spiro atoms. The minimum atomic E-state index is -0.380. The SMILES string of the molecule is O=C(C=Cc1ccccc1)Oc1ccc2ccccc2c1. The van der Waals surface area contributed by atoms with Crippen LogP contribution in [0, 0.1) is 0 Å². The maximum Gasteiger partial charge on any atom is 0.336 e. The minimum absolute atomic E-state index is 0.380. The van der Waals surface area contributed by atoms with Crippen molar-refractivity contribution >= 4 is 22.8 Å². The van der Waals surface area contributed by atoms with Crippen molar-refractivity contribution in [3.8, 4) is 5.75 Å². The zero-order valence-corrected chi connectivity index (χ0v) is 11.4. The number of hydrogen-bond acceptors (Lipinski definition) is 2. The third kappa shape index (κ3) is 3.37. The zero-order chi connectivity index (χ0) is 14.5. The molecule has 0 unspecified atom stereocenters. The second-order valence-corrected chi connectivity index (χ2v) is 4.67. The Bertz CT molecular complexity index is 789. The van der Waals surface area contributed by atoms with Gasteiger partial charge in [0.25, 0.3) is 0 Å². The number of fused-ring (bicyclic) bond motifs is 1. The van der Waals surface area contributed by atoms with E-state index in [0.29, 0.717) is 5.75 Å². The molecule has 0 aliphatic rings. The molecule has 2 nitrogen and oxygen atoms in total. The van der Waals surface area contributed by atoms with E-state index in [9.17, 15) is 4.79 Å². The van der Waals surface area contributed by atoms with Gasteiger partial charge in [-0.15, -0.1) is 0 Å². The fraction of sp³-hybridized carbons (Fsp3) is 0. The molecular formula is C19H14O2. The molecule has 0 radical (unpaired) electrons. The molecular weight excluding hydrogens is 260 g/mol. The second-order valence-electron chi connectivity index (χ2n) is 4.67. The van der Waals surface area contributed by atoms with Gasteiger partial charge in [-0.05, 0) is 34.5 Å². The van der Waals surface area contributed by atoms with Crippen molar-refractivity contribution in [3.05, 3.63) is 84.4 Å². The Hall–Kier alpha value is -2.87. The number of rotatable bonds is 3. The van der Waals surface area contributed by atoms with Crippen LogP contribution in [0.15, 0.2) is 78.9 Å². The van der Waals surface area contributed by atoms with Crippen molar-refractivity contribution in [2.24, 2.45) is 0 Å². The van der Waals surface area contributed by atoms with Gasteiger partial charge in [0.15, 0.2) is 0 Å². The first-order valence-corrected chi connectivity index (χ1v) is 6.75. The summed E-state index contributed by atoms with van der Waals surface area (Å²) in [5.41, 5.74) is 0.966. The number of carbonyl (C=O) groups is 1. The summed E-state index contributed by atoms with van der Waals surface area (Å²) in [5, 5.41) is 2.17. The molecule has 0 fully saturated rings. The molecule has 3 rings (SSSR count). The lowest BCUT2D eigenvalue weighted by molar-refractivity contribution is -0.128. The van der Waals surface area contributed by atoms with E-state index in [1.807, 2.05) is 66.7 Å². The van der Waals surface area contributed by atoms with Gasteiger partial charge in [-0.3, -0.25) is 0 Å². The first-order chi connectivity index (χ1) is 10.3. The first kappa shape index (κ1) is 13.1. The van der Waals surface area contributed by atoms with Gasteiger partial charge < -0.3 is 4.74 Å². The topological polar surface area (TPSA) is 26.3 Å². The molecule has 3 aromatic carbocycles. The molecule has 0 heterocycles. The summed E-state index contributed by atoms with van der Waals surface area (Å²) in [5.74, 6) is 0.172. The Morgan fingerprint density at radius 1 is 0.810 bits per heavy atom. The Kier molecular flexibility index (Phi) is 3.79. The number of esters is 1. The summed E-state index contributed by atoms with van der Waals surface area (Å²) in [6, 6.07) is 23.2. The Morgan fingerprint density at radius 3 is 2.33 bits per heavy atom. The van der Waals surface area contributed by atoms with E-state index in [1.165, 1.54) is 6.08 Å². The van der Waals surface area contributed by atoms with E-state index >= 15 is 0 Å². The number of benzene rings is 3. The third-order valence-electron chi connectivity index (χ3n) is 3.15. The van der Waals surface area contributed by atoms with E-state index in [4.69, 9.17) is 4.74 Å². The van der Waals surface area contributed by atoms with Crippen molar-refractivity contribution < 1.29 is 9.53 Å². The van der Waals surface area contributed by atoms with Gasteiger partial charge in [0.1, 0.15) is 5.75 Å². The quantitative estimate of drug-likeness (QED) is 0.400. The van der Waals surface area contributed by atoms with Gasteiger partial charge in [-0.1, -0.05) is 60.7 Å². The van der Waals surface area contributed by atoms with Crippen LogP contribution >= 0.6 is 0 Å². The van der Waals surface area contributed by atoms with Gasteiger partial charge in [0.2, 0.25) is 0 Å². The summed E-state index contributed by atoms with van der Waals surface area (Å²) >= 11 is 0. The van der Waals surface area contributed by atoms with Crippen molar-refractivity contribution in [2.45, 2.75) is 0 Å². The summed E-state index contributed by atoms with van der Waals surface area (Å²) in [4.78, 5) is 11.8. The average Bonchev–Trinajstić information content (AvgIpc) is 2.54. The van der Waals surface area contributed by atoms with E-state index < -0.39 is 0 Å². The maximum atomic E-state index is 11.8. The van der Waals surface area contributed by atoms with Crippen LogP contribution < -0.4 is 4.74 Å². The normalized spacial score (nSPS) is 10.9. The lowest BCUT2D eigenvalue weighted by Crippen LogP contribution is -2.03. The number of carbonyl (C=O) groups excluding carboxylic acids is 1.